The smallest absolute Gasteiger partial charge is 0.338 e. The quantitative estimate of drug-likeness (QED) is 0.413. The number of thiazole rings is 1. The van der Waals surface area contributed by atoms with Gasteiger partial charge in [-0.2, -0.15) is 4.99 Å². The number of esters is 1. The Hall–Kier alpha value is -2.41. The van der Waals surface area contributed by atoms with Gasteiger partial charge in [-0.05, 0) is 43.3 Å². The molecule has 2 aromatic carbocycles. The van der Waals surface area contributed by atoms with Crippen LogP contribution in [0.15, 0.2) is 54.0 Å². The standard InChI is InChI=1S/C20H16Cl2N2O3S/c1-3-9-24-16-8-5-12(19(26)27-4-2)10-17(16)28-20(24)23-18(25)14-7-6-13(21)11-15(14)22/h3,5-8,10-11H,1,4,9H2,2H3. The van der Waals surface area contributed by atoms with Gasteiger partial charge in [0.2, 0.25) is 0 Å². The van der Waals surface area contributed by atoms with E-state index in [1.54, 1.807) is 43.3 Å². The number of nitrogens with zero attached hydrogens (tertiary/aromatic N) is 2. The summed E-state index contributed by atoms with van der Waals surface area (Å²) >= 11 is 13.3. The molecule has 0 atom stereocenters. The second-order valence-corrected chi connectivity index (χ2v) is 7.58. The fraction of sp³-hybridized carbons (Fsp3) is 0.150. The molecule has 1 heterocycles. The van der Waals surface area contributed by atoms with Gasteiger partial charge in [-0.3, -0.25) is 4.79 Å². The zero-order valence-electron chi connectivity index (χ0n) is 14.9. The van der Waals surface area contributed by atoms with E-state index >= 15 is 0 Å². The molecular formula is C20H16Cl2N2O3S. The van der Waals surface area contributed by atoms with Gasteiger partial charge in [0.05, 0.1) is 33.0 Å². The Bertz CT molecular complexity index is 1150. The number of allylic oxidation sites excluding steroid dienone is 1. The van der Waals surface area contributed by atoms with Gasteiger partial charge in [-0.15, -0.1) is 6.58 Å². The summed E-state index contributed by atoms with van der Waals surface area (Å²) in [5.41, 5.74) is 1.55. The van der Waals surface area contributed by atoms with Gasteiger partial charge in [0, 0.05) is 11.6 Å². The van der Waals surface area contributed by atoms with E-state index in [4.69, 9.17) is 27.9 Å². The lowest BCUT2D eigenvalue weighted by molar-refractivity contribution is 0.0526. The lowest BCUT2D eigenvalue weighted by atomic mass is 10.2. The van der Waals surface area contributed by atoms with Crippen LogP contribution in [-0.2, 0) is 11.3 Å². The van der Waals surface area contributed by atoms with E-state index in [2.05, 4.69) is 11.6 Å². The molecule has 0 spiro atoms. The SMILES string of the molecule is C=CCn1c(=NC(=O)c2ccc(Cl)cc2Cl)sc2cc(C(=O)OCC)ccc21. The van der Waals surface area contributed by atoms with E-state index in [1.165, 1.54) is 17.4 Å². The molecule has 0 N–H and O–H groups in total. The van der Waals surface area contributed by atoms with Crippen molar-refractivity contribution in [2.24, 2.45) is 4.99 Å². The highest BCUT2D eigenvalue weighted by Crippen LogP contribution is 2.23. The van der Waals surface area contributed by atoms with E-state index in [0.29, 0.717) is 28.5 Å². The predicted molar refractivity (Wildman–Crippen MR) is 112 cm³/mol. The van der Waals surface area contributed by atoms with Crippen LogP contribution in [0.25, 0.3) is 10.2 Å². The molecule has 144 valence electrons. The Morgan fingerprint density at radius 3 is 2.71 bits per heavy atom. The minimum atomic E-state index is -0.475. The van der Waals surface area contributed by atoms with Gasteiger partial charge in [0.1, 0.15) is 0 Å². The number of fused-ring (bicyclic) bond motifs is 1. The van der Waals surface area contributed by atoms with Crippen LogP contribution in [0.4, 0.5) is 0 Å². The molecule has 0 bridgehead atoms. The molecule has 0 unspecified atom stereocenters. The Labute approximate surface area is 175 Å². The first-order chi connectivity index (χ1) is 13.4. The highest BCUT2D eigenvalue weighted by atomic mass is 35.5. The molecule has 8 heteroatoms. The van der Waals surface area contributed by atoms with Crippen molar-refractivity contribution in [3.63, 3.8) is 0 Å². The molecule has 0 saturated heterocycles. The van der Waals surface area contributed by atoms with Crippen LogP contribution in [0.1, 0.15) is 27.6 Å². The van der Waals surface area contributed by atoms with Crippen LogP contribution in [0.3, 0.4) is 0 Å². The molecular weight excluding hydrogens is 419 g/mol. The summed E-state index contributed by atoms with van der Waals surface area (Å²) in [6.45, 7) is 6.27. The molecule has 0 aliphatic carbocycles. The Balaban J connectivity index is 2.11. The van der Waals surface area contributed by atoms with Crippen LogP contribution < -0.4 is 4.80 Å². The van der Waals surface area contributed by atoms with Crippen LogP contribution >= 0.6 is 34.5 Å². The van der Waals surface area contributed by atoms with E-state index in [-0.39, 0.29) is 10.6 Å². The van der Waals surface area contributed by atoms with E-state index < -0.39 is 11.9 Å². The molecule has 5 nitrogen and oxygen atoms in total. The first-order valence-corrected chi connectivity index (χ1v) is 9.97. The number of amides is 1. The van der Waals surface area contributed by atoms with Gasteiger partial charge >= 0.3 is 5.97 Å². The molecule has 0 radical (unpaired) electrons. The van der Waals surface area contributed by atoms with Gasteiger partial charge in [0.15, 0.2) is 4.80 Å². The van der Waals surface area contributed by atoms with Crippen molar-refractivity contribution < 1.29 is 14.3 Å². The first-order valence-electron chi connectivity index (χ1n) is 8.40. The van der Waals surface area contributed by atoms with Crippen molar-refractivity contribution in [1.29, 1.82) is 0 Å². The molecule has 1 amide bonds. The van der Waals surface area contributed by atoms with Crippen molar-refractivity contribution in [3.8, 4) is 0 Å². The molecule has 0 aliphatic heterocycles. The van der Waals surface area contributed by atoms with Crippen molar-refractivity contribution >= 4 is 56.6 Å². The highest BCUT2D eigenvalue weighted by Gasteiger charge is 2.14. The molecule has 1 aromatic heterocycles. The average Bonchev–Trinajstić information content (AvgIpc) is 2.98. The predicted octanol–water partition coefficient (Wildman–Crippen LogP) is 5.11. The Morgan fingerprint density at radius 1 is 1.25 bits per heavy atom. The maximum atomic E-state index is 12.6. The van der Waals surface area contributed by atoms with Crippen molar-refractivity contribution in [3.05, 3.63) is 75.0 Å². The second-order valence-electron chi connectivity index (χ2n) is 5.73. The maximum absolute atomic E-state index is 12.6. The zero-order valence-corrected chi connectivity index (χ0v) is 17.3. The average molecular weight is 435 g/mol. The zero-order chi connectivity index (χ0) is 20.3. The lowest BCUT2D eigenvalue weighted by Crippen LogP contribution is -2.16. The van der Waals surface area contributed by atoms with E-state index in [1.807, 2.05) is 4.57 Å². The van der Waals surface area contributed by atoms with Crippen LogP contribution in [0, 0.1) is 0 Å². The number of hydrogen-bond acceptors (Lipinski definition) is 4. The van der Waals surface area contributed by atoms with Crippen molar-refractivity contribution in [2.45, 2.75) is 13.5 Å². The summed E-state index contributed by atoms with van der Waals surface area (Å²) in [5.74, 6) is -0.868. The third-order valence-corrected chi connectivity index (χ3v) is 5.45. The van der Waals surface area contributed by atoms with E-state index in [9.17, 15) is 9.59 Å². The molecule has 0 saturated carbocycles. The first kappa shape index (κ1) is 20.3. The lowest BCUT2D eigenvalue weighted by Gasteiger charge is -2.03. The topological polar surface area (TPSA) is 60.7 Å². The second kappa shape index (κ2) is 8.73. The summed E-state index contributed by atoms with van der Waals surface area (Å²) in [6.07, 6.45) is 1.71. The van der Waals surface area contributed by atoms with Crippen molar-refractivity contribution in [1.82, 2.24) is 4.57 Å². The summed E-state index contributed by atoms with van der Waals surface area (Å²) in [6, 6.07) is 9.86. The fourth-order valence-electron chi connectivity index (χ4n) is 2.62. The maximum Gasteiger partial charge on any atom is 0.338 e. The molecule has 3 rings (SSSR count). The Morgan fingerprint density at radius 2 is 2.04 bits per heavy atom. The van der Waals surface area contributed by atoms with Crippen molar-refractivity contribution in [2.75, 3.05) is 6.61 Å². The normalized spacial score (nSPS) is 11.6. The number of hydrogen-bond donors (Lipinski definition) is 0. The summed E-state index contributed by atoms with van der Waals surface area (Å²) in [4.78, 5) is 29.3. The largest absolute Gasteiger partial charge is 0.462 e. The van der Waals surface area contributed by atoms with Gasteiger partial charge in [0.25, 0.3) is 5.91 Å². The minimum absolute atomic E-state index is 0.238. The summed E-state index contributed by atoms with van der Waals surface area (Å²) in [7, 11) is 0. The highest BCUT2D eigenvalue weighted by molar-refractivity contribution is 7.16. The number of carbonyl (C=O) groups excluding carboxylic acids is 2. The number of rotatable bonds is 5. The third-order valence-electron chi connectivity index (χ3n) is 3.86. The molecule has 0 aliphatic rings. The van der Waals surface area contributed by atoms with Gasteiger partial charge < -0.3 is 9.30 Å². The molecule has 0 fully saturated rings. The monoisotopic (exact) mass is 434 g/mol. The van der Waals surface area contributed by atoms with Crippen LogP contribution in [0.5, 0.6) is 0 Å². The van der Waals surface area contributed by atoms with Crippen LogP contribution in [0.2, 0.25) is 10.0 Å². The summed E-state index contributed by atoms with van der Waals surface area (Å²) in [5, 5.41) is 0.679. The molecule has 3 aromatic rings. The minimum Gasteiger partial charge on any atom is -0.462 e. The third kappa shape index (κ3) is 4.19. The Kier molecular flexibility index (Phi) is 6.34. The fourth-order valence-corrected chi connectivity index (χ4v) is 4.18. The number of ether oxygens (including phenoxy) is 1. The number of carbonyl (C=O) groups is 2. The number of halogens is 2. The van der Waals surface area contributed by atoms with Crippen LogP contribution in [-0.4, -0.2) is 23.1 Å². The number of aromatic nitrogens is 1. The van der Waals surface area contributed by atoms with Gasteiger partial charge in [-0.1, -0.05) is 40.6 Å². The molecule has 28 heavy (non-hydrogen) atoms. The van der Waals surface area contributed by atoms with E-state index in [0.717, 1.165) is 10.2 Å². The van der Waals surface area contributed by atoms with Gasteiger partial charge in [-0.25, -0.2) is 4.79 Å². The summed E-state index contributed by atoms with van der Waals surface area (Å²) < 4.78 is 7.70. The number of benzene rings is 2.